The van der Waals surface area contributed by atoms with Crippen LogP contribution in [0.4, 0.5) is 0 Å². The van der Waals surface area contributed by atoms with Gasteiger partial charge in [0, 0.05) is 22.9 Å². The van der Waals surface area contributed by atoms with E-state index in [1.807, 2.05) is 17.4 Å². The average Bonchev–Trinajstić information content (AvgIpc) is 2.92. The first-order chi connectivity index (χ1) is 10.4. The Morgan fingerprint density at radius 3 is 2.33 bits per heavy atom. The van der Waals surface area contributed by atoms with Gasteiger partial charge in [-0.15, -0.1) is 11.3 Å². The van der Waals surface area contributed by atoms with Crippen molar-refractivity contribution in [2.75, 3.05) is 0 Å². The van der Waals surface area contributed by atoms with Crippen molar-refractivity contribution in [2.45, 2.75) is 57.4 Å². The van der Waals surface area contributed by atoms with E-state index < -0.39 is 0 Å². The normalized spacial score (nSPS) is 17.4. The smallest absolute Gasteiger partial charge is 0.0966 e. The fourth-order valence-electron chi connectivity index (χ4n) is 3.21. The van der Waals surface area contributed by atoms with Crippen LogP contribution < -0.4 is 5.73 Å². The van der Waals surface area contributed by atoms with Gasteiger partial charge in [0.05, 0.1) is 10.7 Å². The molecule has 0 aliphatic heterocycles. The molecule has 1 aliphatic carbocycles. The van der Waals surface area contributed by atoms with Gasteiger partial charge in [0.15, 0.2) is 0 Å². The molecule has 1 heterocycles. The van der Waals surface area contributed by atoms with Gasteiger partial charge in [-0.05, 0) is 12.8 Å². The number of rotatable bonds is 3. The van der Waals surface area contributed by atoms with Crippen molar-refractivity contribution in [1.29, 1.82) is 0 Å². The zero-order valence-electron chi connectivity index (χ0n) is 12.6. The molecular formula is C18H24N2S. The van der Waals surface area contributed by atoms with Crippen LogP contribution in [0.3, 0.4) is 0 Å². The SMILES string of the molecule is NCc1sc(C2CCCCCCC2)nc1-c1ccccc1. The maximum absolute atomic E-state index is 5.96. The van der Waals surface area contributed by atoms with Gasteiger partial charge >= 0.3 is 0 Å². The van der Waals surface area contributed by atoms with Crippen LogP contribution in [0.15, 0.2) is 30.3 Å². The van der Waals surface area contributed by atoms with E-state index in [4.69, 9.17) is 10.7 Å². The molecule has 1 saturated carbocycles. The minimum absolute atomic E-state index is 0.592. The quantitative estimate of drug-likeness (QED) is 0.856. The molecule has 21 heavy (non-hydrogen) atoms. The summed E-state index contributed by atoms with van der Waals surface area (Å²) in [5.41, 5.74) is 8.27. The number of nitrogens with two attached hydrogens (primary N) is 1. The summed E-state index contributed by atoms with van der Waals surface area (Å²) < 4.78 is 0. The molecule has 0 saturated heterocycles. The van der Waals surface area contributed by atoms with Gasteiger partial charge in [-0.2, -0.15) is 0 Å². The first-order valence-electron chi connectivity index (χ1n) is 8.13. The molecule has 2 N–H and O–H groups in total. The Morgan fingerprint density at radius 2 is 1.67 bits per heavy atom. The van der Waals surface area contributed by atoms with Crippen LogP contribution in [0.2, 0.25) is 0 Å². The van der Waals surface area contributed by atoms with E-state index in [2.05, 4.69) is 24.3 Å². The second-order valence-electron chi connectivity index (χ2n) is 5.94. The van der Waals surface area contributed by atoms with E-state index in [0.29, 0.717) is 12.5 Å². The number of nitrogens with zero attached hydrogens (tertiary/aromatic N) is 1. The molecular weight excluding hydrogens is 276 g/mol. The fraction of sp³-hybridized carbons (Fsp3) is 0.500. The summed E-state index contributed by atoms with van der Waals surface area (Å²) in [5, 5.41) is 1.32. The Hall–Kier alpha value is -1.19. The zero-order chi connectivity index (χ0) is 14.5. The lowest BCUT2D eigenvalue weighted by Gasteiger charge is -2.17. The van der Waals surface area contributed by atoms with Gasteiger partial charge in [-0.3, -0.25) is 0 Å². The van der Waals surface area contributed by atoms with Crippen molar-refractivity contribution in [2.24, 2.45) is 5.73 Å². The van der Waals surface area contributed by atoms with Gasteiger partial charge in [0.2, 0.25) is 0 Å². The van der Waals surface area contributed by atoms with E-state index in [9.17, 15) is 0 Å². The van der Waals surface area contributed by atoms with Gasteiger partial charge < -0.3 is 5.73 Å². The van der Waals surface area contributed by atoms with Crippen LogP contribution in [0.25, 0.3) is 11.3 Å². The Bertz CT molecular complexity index is 554. The largest absolute Gasteiger partial charge is 0.326 e. The van der Waals surface area contributed by atoms with E-state index in [1.165, 1.54) is 60.4 Å². The summed E-state index contributed by atoms with van der Waals surface area (Å²) in [4.78, 5) is 6.22. The topological polar surface area (TPSA) is 38.9 Å². The third kappa shape index (κ3) is 3.53. The van der Waals surface area contributed by atoms with Crippen molar-refractivity contribution in [3.05, 3.63) is 40.2 Å². The molecule has 3 heteroatoms. The van der Waals surface area contributed by atoms with Crippen LogP contribution in [-0.2, 0) is 6.54 Å². The number of aromatic nitrogens is 1. The van der Waals surface area contributed by atoms with Gasteiger partial charge in [-0.1, -0.05) is 62.4 Å². The molecule has 0 bridgehead atoms. The molecule has 1 fully saturated rings. The number of hydrogen-bond acceptors (Lipinski definition) is 3. The highest BCUT2D eigenvalue weighted by atomic mass is 32.1. The Kier molecular flexibility index (Phi) is 5.04. The lowest BCUT2D eigenvalue weighted by Crippen LogP contribution is -2.01. The maximum atomic E-state index is 5.96. The maximum Gasteiger partial charge on any atom is 0.0966 e. The van der Waals surface area contributed by atoms with Gasteiger partial charge in [0.1, 0.15) is 0 Å². The van der Waals surface area contributed by atoms with Crippen LogP contribution in [-0.4, -0.2) is 4.98 Å². The average molecular weight is 300 g/mol. The summed E-state index contributed by atoms with van der Waals surface area (Å²) in [6.45, 7) is 0.592. The highest BCUT2D eigenvalue weighted by Crippen LogP contribution is 2.37. The van der Waals surface area contributed by atoms with Crippen LogP contribution in [0, 0.1) is 0 Å². The molecule has 1 aromatic heterocycles. The monoisotopic (exact) mass is 300 g/mol. The molecule has 2 nitrogen and oxygen atoms in total. The van der Waals surface area contributed by atoms with Crippen molar-refractivity contribution >= 4 is 11.3 Å². The van der Waals surface area contributed by atoms with Crippen LogP contribution in [0.5, 0.6) is 0 Å². The molecule has 1 aliphatic rings. The van der Waals surface area contributed by atoms with Crippen LogP contribution >= 0.6 is 11.3 Å². The molecule has 0 atom stereocenters. The van der Waals surface area contributed by atoms with Gasteiger partial charge in [-0.25, -0.2) is 4.98 Å². The van der Waals surface area contributed by atoms with Crippen molar-refractivity contribution in [3.8, 4) is 11.3 Å². The summed E-state index contributed by atoms with van der Waals surface area (Å²) in [6, 6.07) is 10.5. The van der Waals surface area contributed by atoms with E-state index in [1.54, 1.807) is 0 Å². The van der Waals surface area contributed by atoms with Crippen molar-refractivity contribution < 1.29 is 0 Å². The number of thiazole rings is 1. The molecule has 2 aromatic rings. The predicted octanol–water partition coefficient (Wildman–Crippen LogP) is 5.10. The molecule has 0 amide bonds. The first kappa shape index (κ1) is 14.7. The highest BCUT2D eigenvalue weighted by Gasteiger charge is 2.20. The summed E-state index contributed by atoms with van der Waals surface area (Å²) in [7, 11) is 0. The number of hydrogen-bond donors (Lipinski definition) is 1. The zero-order valence-corrected chi connectivity index (χ0v) is 13.4. The lowest BCUT2D eigenvalue weighted by molar-refractivity contribution is 0.454. The minimum atomic E-state index is 0.592. The Balaban J connectivity index is 1.88. The van der Waals surface area contributed by atoms with E-state index >= 15 is 0 Å². The fourth-order valence-corrected chi connectivity index (χ4v) is 4.34. The second-order valence-corrected chi connectivity index (χ2v) is 7.05. The predicted molar refractivity (Wildman–Crippen MR) is 90.5 cm³/mol. The standard InChI is InChI=1S/C18H24N2S/c19-13-16-17(14-9-7-4-8-10-14)20-18(21-16)15-11-5-2-1-3-6-12-15/h4,7-10,15H,1-3,5-6,11-13,19H2. The molecule has 1 aromatic carbocycles. The Morgan fingerprint density at radius 1 is 1.00 bits per heavy atom. The minimum Gasteiger partial charge on any atom is -0.326 e. The van der Waals surface area contributed by atoms with Crippen molar-refractivity contribution in [3.63, 3.8) is 0 Å². The van der Waals surface area contributed by atoms with E-state index in [-0.39, 0.29) is 0 Å². The first-order valence-corrected chi connectivity index (χ1v) is 8.95. The van der Waals surface area contributed by atoms with Crippen molar-refractivity contribution in [1.82, 2.24) is 4.98 Å². The molecule has 3 rings (SSSR count). The summed E-state index contributed by atoms with van der Waals surface area (Å²) >= 11 is 1.84. The molecule has 0 radical (unpaired) electrons. The molecule has 0 unspecified atom stereocenters. The van der Waals surface area contributed by atoms with Crippen LogP contribution in [0.1, 0.15) is 60.7 Å². The lowest BCUT2D eigenvalue weighted by atomic mass is 9.91. The van der Waals surface area contributed by atoms with Gasteiger partial charge in [0.25, 0.3) is 0 Å². The van der Waals surface area contributed by atoms with E-state index in [0.717, 1.165) is 5.69 Å². The summed E-state index contributed by atoms with van der Waals surface area (Å²) in [5.74, 6) is 0.651. The third-order valence-electron chi connectivity index (χ3n) is 4.40. The molecule has 0 spiro atoms. The second kappa shape index (κ2) is 7.19. The molecule has 112 valence electrons. The third-order valence-corrected chi connectivity index (χ3v) is 5.64. The number of benzene rings is 1. The highest BCUT2D eigenvalue weighted by molar-refractivity contribution is 7.12. The summed E-state index contributed by atoms with van der Waals surface area (Å²) in [6.07, 6.45) is 9.48. The Labute approximate surface area is 131 Å².